The second-order valence-electron chi connectivity index (χ2n) is 5.19. The molecule has 3 N–H and O–H groups in total. The van der Waals surface area contributed by atoms with E-state index in [0.717, 1.165) is 29.4 Å². The Morgan fingerprint density at radius 2 is 2.30 bits per heavy atom. The zero-order valence-electron chi connectivity index (χ0n) is 12.5. The average molecular weight is 419 g/mol. The third-order valence-corrected chi connectivity index (χ3v) is 5.14. The predicted molar refractivity (Wildman–Crippen MR) is 98.0 cm³/mol. The Balaban J connectivity index is 0.00000192. The summed E-state index contributed by atoms with van der Waals surface area (Å²) in [6.07, 6.45) is 2.67. The van der Waals surface area contributed by atoms with Crippen LogP contribution in [0.25, 0.3) is 0 Å². The van der Waals surface area contributed by atoms with E-state index in [9.17, 15) is 4.79 Å². The lowest BCUT2D eigenvalue weighted by molar-refractivity contribution is 0.102. The van der Waals surface area contributed by atoms with E-state index in [1.54, 1.807) is 19.2 Å². The predicted octanol–water partition coefficient (Wildman–Crippen LogP) is 3.40. The molecule has 1 heterocycles. The van der Waals surface area contributed by atoms with Gasteiger partial charge < -0.3 is 10.5 Å². The van der Waals surface area contributed by atoms with Crippen molar-refractivity contribution in [2.45, 2.75) is 25.3 Å². The summed E-state index contributed by atoms with van der Waals surface area (Å²) in [5.74, 6) is 0.301. The van der Waals surface area contributed by atoms with Gasteiger partial charge in [0.1, 0.15) is 5.75 Å². The average Bonchev–Trinajstić information content (AvgIpc) is 2.88. The van der Waals surface area contributed by atoms with Crippen LogP contribution >= 0.6 is 39.7 Å². The maximum absolute atomic E-state index is 12.4. The van der Waals surface area contributed by atoms with Crippen LogP contribution < -0.4 is 15.8 Å². The first-order valence-electron chi connectivity index (χ1n) is 6.96. The first-order valence-corrected chi connectivity index (χ1v) is 8.57. The molecule has 0 unspecified atom stereocenters. The van der Waals surface area contributed by atoms with Gasteiger partial charge in [0.05, 0.1) is 18.4 Å². The van der Waals surface area contributed by atoms with Crippen LogP contribution in [0.4, 0.5) is 5.13 Å². The molecule has 8 heteroatoms. The van der Waals surface area contributed by atoms with Gasteiger partial charge in [-0.25, -0.2) is 4.98 Å². The number of methoxy groups -OCH3 is 1. The van der Waals surface area contributed by atoms with Gasteiger partial charge in [0.25, 0.3) is 5.91 Å². The monoisotopic (exact) mass is 417 g/mol. The summed E-state index contributed by atoms with van der Waals surface area (Å²) in [6, 6.07) is 5.49. The van der Waals surface area contributed by atoms with E-state index < -0.39 is 0 Å². The molecule has 1 atom stereocenters. The van der Waals surface area contributed by atoms with E-state index in [1.807, 2.05) is 6.07 Å². The number of anilines is 1. The standard InChI is InChI=1S/C15H16BrN3O2S.ClH/c1-21-12-6-8(16)2-4-10(12)14(20)19-15-18-11-5-3-9(17)7-13(11)22-15;/h2,4,6,9H,3,5,7,17H2,1H3,(H,18,19,20);1H/t9-;/m0./s1. The molecule has 0 aliphatic heterocycles. The van der Waals surface area contributed by atoms with E-state index in [1.165, 1.54) is 16.2 Å². The lowest BCUT2D eigenvalue weighted by atomic mass is 9.99. The Morgan fingerprint density at radius 1 is 1.52 bits per heavy atom. The van der Waals surface area contributed by atoms with Gasteiger partial charge in [0, 0.05) is 15.4 Å². The minimum atomic E-state index is -0.222. The fourth-order valence-electron chi connectivity index (χ4n) is 2.47. The van der Waals surface area contributed by atoms with E-state index in [-0.39, 0.29) is 24.4 Å². The third kappa shape index (κ3) is 4.03. The number of carbonyl (C=O) groups excluding carboxylic acids is 1. The molecule has 3 rings (SSSR count). The molecule has 0 bridgehead atoms. The number of ether oxygens (including phenoxy) is 1. The van der Waals surface area contributed by atoms with E-state index in [4.69, 9.17) is 10.5 Å². The van der Waals surface area contributed by atoms with Gasteiger partial charge in [0.2, 0.25) is 0 Å². The number of halogens is 2. The summed E-state index contributed by atoms with van der Waals surface area (Å²) in [6.45, 7) is 0. The van der Waals surface area contributed by atoms with Gasteiger partial charge in [-0.2, -0.15) is 0 Å². The second kappa shape index (κ2) is 7.61. The zero-order valence-corrected chi connectivity index (χ0v) is 15.7. The number of fused-ring (bicyclic) bond motifs is 1. The van der Waals surface area contributed by atoms with Crippen molar-refractivity contribution in [1.29, 1.82) is 0 Å². The minimum absolute atomic E-state index is 0. The summed E-state index contributed by atoms with van der Waals surface area (Å²) < 4.78 is 6.12. The Morgan fingerprint density at radius 3 is 3.04 bits per heavy atom. The highest BCUT2D eigenvalue weighted by Crippen LogP contribution is 2.30. The van der Waals surface area contributed by atoms with Gasteiger partial charge in [-0.1, -0.05) is 15.9 Å². The highest BCUT2D eigenvalue weighted by molar-refractivity contribution is 9.10. The molecule has 1 amide bonds. The molecule has 0 saturated carbocycles. The van der Waals surface area contributed by atoms with Crippen LogP contribution in [0.5, 0.6) is 5.75 Å². The van der Waals surface area contributed by atoms with Crippen LogP contribution in [0, 0.1) is 0 Å². The summed E-state index contributed by atoms with van der Waals surface area (Å²) >= 11 is 4.87. The van der Waals surface area contributed by atoms with Crippen molar-refractivity contribution in [1.82, 2.24) is 4.98 Å². The Bertz CT molecular complexity index is 723. The molecule has 23 heavy (non-hydrogen) atoms. The molecule has 1 aliphatic carbocycles. The molecule has 1 aliphatic rings. The van der Waals surface area contributed by atoms with Crippen molar-refractivity contribution >= 4 is 50.7 Å². The number of hydrogen-bond acceptors (Lipinski definition) is 5. The highest BCUT2D eigenvalue weighted by Gasteiger charge is 2.21. The van der Waals surface area contributed by atoms with Gasteiger partial charge in [-0.3, -0.25) is 10.1 Å². The van der Waals surface area contributed by atoms with Gasteiger partial charge >= 0.3 is 0 Å². The van der Waals surface area contributed by atoms with Crippen LogP contribution in [0.3, 0.4) is 0 Å². The van der Waals surface area contributed by atoms with Gasteiger partial charge in [-0.15, -0.1) is 23.7 Å². The number of nitrogens with two attached hydrogens (primary N) is 1. The second-order valence-corrected chi connectivity index (χ2v) is 7.19. The van der Waals surface area contributed by atoms with Crippen molar-refractivity contribution in [2.75, 3.05) is 12.4 Å². The van der Waals surface area contributed by atoms with E-state index in [0.29, 0.717) is 16.4 Å². The Kier molecular flexibility index (Phi) is 6.02. The molecular formula is C15H17BrClN3O2S. The quantitative estimate of drug-likeness (QED) is 0.801. The smallest absolute Gasteiger partial charge is 0.261 e. The molecule has 0 radical (unpaired) electrons. The van der Waals surface area contributed by atoms with Crippen molar-refractivity contribution in [3.63, 3.8) is 0 Å². The molecule has 0 saturated heterocycles. The molecule has 1 aromatic heterocycles. The zero-order chi connectivity index (χ0) is 15.7. The normalized spacial score (nSPS) is 16.2. The van der Waals surface area contributed by atoms with Crippen molar-refractivity contribution in [3.8, 4) is 5.75 Å². The Hall–Kier alpha value is -1.15. The maximum Gasteiger partial charge on any atom is 0.261 e. The number of rotatable bonds is 3. The number of benzene rings is 1. The van der Waals surface area contributed by atoms with Crippen molar-refractivity contribution in [2.24, 2.45) is 5.73 Å². The SMILES string of the molecule is COc1cc(Br)ccc1C(=O)Nc1nc2c(s1)C[C@@H](N)CC2.Cl. The van der Waals surface area contributed by atoms with Crippen LogP contribution in [0.15, 0.2) is 22.7 Å². The summed E-state index contributed by atoms with van der Waals surface area (Å²) in [5.41, 5.74) is 7.52. The molecule has 1 aromatic carbocycles. The summed E-state index contributed by atoms with van der Waals surface area (Å²) in [5, 5.41) is 3.48. The number of carbonyl (C=O) groups is 1. The number of nitrogens with one attached hydrogen (secondary N) is 1. The molecule has 124 valence electrons. The van der Waals surface area contributed by atoms with E-state index >= 15 is 0 Å². The van der Waals surface area contributed by atoms with Gasteiger partial charge in [-0.05, 0) is 37.5 Å². The van der Waals surface area contributed by atoms with Crippen molar-refractivity contribution in [3.05, 3.63) is 38.8 Å². The molecule has 0 fully saturated rings. The maximum atomic E-state index is 12.4. The number of nitrogens with zero attached hydrogens (tertiary/aromatic N) is 1. The number of amides is 1. The van der Waals surface area contributed by atoms with Crippen LogP contribution in [0.1, 0.15) is 27.3 Å². The fourth-order valence-corrected chi connectivity index (χ4v) is 3.91. The van der Waals surface area contributed by atoms with E-state index in [2.05, 4.69) is 26.2 Å². The lowest BCUT2D eigenvalue weighted by Crippen LogP contribution is -2.27. The highest BCUT2D eigenvalue weighted by atomic mass is 79.9. The number of hydrogen-bond donors (Lipinski definition) is 2. The molecular weight excluding hydrogens is 402 g/mol. The molecule has 0 spiro atoms. The molecule has 2 aromatic rings. The lowest BCUT2D eigenvalue weighted by Gasteiger charge is -2.15. The largest absolute Gasteiger partial charge is 0.496 e. The third-order valence-electron chi connectivity index (χ3n) is 3.61. The van der Waals surface area contributed by atoms with Gasteiger partial charge in [0.15, 0.2) is 5.13 Å². The van der Waals surface area contributed by atoms with Crippen LogP contribution in [-0.4, -0.2) is 24.0 Å². The van der Waals surface area contributed by atoms with Crippen molar-refractivity contribution < 1.29 is 9.53 Å². The topological polar surface area (TPSA) is 77.2 Å². The summed E-state index contributed by atoms with van der Waals surface area (Å²) in [4.78, 5) is 18.1. The number of thiazole rings is 1. The number of aromatic nitrogens is 1. The minimum Gasteiger partial charge on any atom is -0.496 e. The Labute approximate surface area is 153 Å². The van der Waals surface area contributed by atoms with Crippen LogP contribution in [-0.2, 0) is 12.8 Å². The molecule has 5 nitrogen and oxygen atoms in total. The summed E-state index contributed by atoms with van der Waals surface area (Å²) in [7, 11) is 1.54. The first-order chi connectivity index (χ1) is 10.6. The number of aryl methyl sites for hydroxylation is 1. The first kappa shape index (κ1) is 18.2. The van der Waals surface area contributed by atoms with Crippen LogP contribution in [0.2, 0.25) is 0 Å². The fraction of sp³-hybridized carbons (Fsp3) is 0.333.